The Balaban J connectivity index is 1.78. The number of amides is 1. The minimum atomic E-state index is -1.08. The molecule has 0 fully saturated rings. The molecule has 0 unspecified atom stereocenters. The number of hydrogen-bond acceptors (Lipinski definition) is 5. The van der Waals surface area contributed by atoms with Crippen LogP contribution in [0.3, 0.4) is 0 Å². The molecule has 7 nitrogen and oxygen atoms in total. The first-order valence-electron chi connectivity index (χ1n) is 10.0. The summed E-state index contributed by atoms with van der Waals surface area (Å²) in [5.41, 5.74) is 2.40. The topological polar surface area (TPSA) is 93.1 Å². The van der Waals surface area contributed by atoms with Crippen LogP contribution in [-0.2, 0) is 21.0 Å². The number of carboxylic acid groups (broad SMARTS) is 1. The van der Waals surface area contributed by atoms with Crippen LogP contribution >= 0.6 is 0 Å². The van der Waals surface area contributed by atoms with Gasteiger partial charge in [-0.3, -0.25) is 14.4 Å². The highest BCUT2D eigenvalue weighted by Crippen LogP contribution is 2.43. The standard InChI is InChI=1S/C25H21NO6/c1-31-25(30)18-13-11-17(12-14-18)22-21(24(28)29)19-9-5-6-10-20(19)23(27)26(22)32-15-16-7-3-2-4-8-16/h2-14,21-22H,15H2,1H3,(H,28,29)/t21-,22+/m0/s1. The Labute approximate surface area is 184 Å². The number of methoxy groups -OCH3 is 1. The Bertz CT molecular complexity index is 1140. The molecule has 1 aliphatic rings. The Morgan fingerprint density at radius 3 is 2.25 bits per heavy atom. The van der Waals surface area contributed by atoms with E-state index in [1.807, 2.05) is 30.3 Å². The van der Waals surface area contributed by atoms with Crippen LogP contribution in [0.5, 0.6) is 0 Å². The highest BCUT2D eigenvalue weighted by molar-refractivity contribution is 5.99. The normalized spacial score (nSPS) is 17.5. The van der Waals surface area contributed by atoms with Crippen molar-refractivity contribution in [2.45, 2.75) is 18.6 Å². The second-order valence-electron chi connectivity index (χ2n) is 7.35. The van der Waals surface area contributed by atoms with Crippen molar-refractivity contribution in [3.05, 3.63) is 107 Å². The average molecular weight is 431 g/mol. The number of nitrogens with zero attached hydrogens (tertiary/aromatic N) is 1. The SMILES string of the molecule is COC(=O)c1ccc([C@@H]2[C@@H](C(=O)O)c3ccccc3C(=O)N2OCc2ccccc2)cc1. The fourth-order valence-electron chi connectivity index (χ4n) is 3.90. The number of carbonyl (C=O) groups is 3. The number of esters is 1. The summed E-state index contributed by atoms with van der Waals surface area (Å²) in [5.74, 6) is -3.06. The van der Waals surface area contributed by atoms with E-state index in [9.17, 15) is 19.5 Å². The Morgan fingerprint density at radius 2 is 1.59 bits per heavy atom. The molecule has 1 aliphatic heterocycles. The summed E-state index contributed by atoms with van der Waals surface area (Å²) < 4.78 is 4.73. The second kappa shape index (κ2) is 9.03. The maximum atomic E-state index is 13.3. The summed E-state index contributed by atoms with van der Waals surface area (Å²) in [5, 5.41) is 11.3. The average Bonchev–Trinajstić information content (AvgIpc) is 2.83. The molecular formula is C25H21NO6. The lowest BCUT2D eigenvalue weighted by Gasteiger charge is -2.39. The van der Waals surface area contributed by atoms with Gasteiger partial charge < -0.3 is 9.84 Å². The van der Waals surface area contributed by atoms with Crippen LogP contribution in [0.4, 0.5) is 0 Å². The first-order valence-corrected chi connectivity index (χ1v) is 10.0. The van der Waals surface area contributed by atoms with E-state index in [0.29, 0.717) is 16.7 Å². The minimum Gasteiger partial charge on any atom is -0.481 e. The Hall–Kier alpha value is -3.97. The molecule has 0 saturated carbocycles. The highest BCUT2D eigenvalue weighted by Gasteiger charge is 2.45. The molecule has 1 amide bonds. The van der Waals surface area contributed by atoms with Gasteiger partial charge in [0.1, 0.15) is 18.6 Å². The van der Waals surface area contributed by atoms with Crippen molar-refractivity contribution in [1.29, 1.82) is 0 Å². The molecular weight excluding hydrogens is 410 g/mol. The zero-order valence-corrected chi connectivity index (χ0v) is 17.3. The number of carboxylic acids is 1. The summed E-state index contributed by atoms with van der Waals surface area (Å²) in [6.07, 6.45) is 0. The molecule has 0 spiro atoms. The van der Waals surface area contributed by atoms with Crippen LogP contribution < -0.4 is 0 Å². The maximum absolute atomic E-state index is 13.3. The third kappa shape index (κ3) is 3.98. The molecule has 4 rings (SSSR count). The van der Waals surface area contributed by atoms with E-state index in [2.05, 4.69) is 0 Å². The summed E-state index contributed by atoms with van der Waals surface area (Å²) in [7, 11) is 1.28. The van der Waals surface area contributed by atoms with Crippen LogP contribution in [0.1, 0.15) is 49.4 Å². The van der Waals surface area contributed by atoms with Gasteiger partial charge in [-0.2, -0.15) is 0 Å². The molecule has 0 saturated heterocycles. The summed E-state index contributed by atoms with van der Waals surface area (Å²) in [6, 6.07) is 21.3. The van der Waals surface area contributed by atoms with Crippen molar-refractivity contribution < 1.29 is 29.1 Å². The molecule has 0 radical (unpaired) electrons. The van der Waals surface area contributed by atoms with Gasteiger partial charge in [0.05, 0.1) is 12.7 Å². The van der Waals surface area contributed by atoms with E-state index in [1.165, 1.54) is 7.11 Å². The number of fused-ring (bicyclic) bond motifs is 1. The lowest BCUT2D eigenvalue weighted by molar-refractivity contribution is -0.176. The van der Waals surface area contributed by atoms with Gasteiger partial charge in [0.15, 0.2) is 0 Å². The van der Waals surface area contributed by atoms with Crippen molar-refractivity contribution in [3.63, 3.8) is 0 Å². The van der Waals surface area contributed by atoms with Crippen molar-refractivity contribution >= 4 is 17.8 Å². The number of hydroxylamine groups is 2. The van der Waals surface area contributed by atoms with Crippen LogP contribution in [0.25, 0.3) is 0 Å². The molecule has 32 heavy (non-hydrogen) atoms. The van der Waals surface area contributed by atoms with Crippen molar-refractivity contribution in [2.75, 3.05) is 7.11 Å². The number of carbonyl (C=O) groups excluding carboxylic acids is 2. The third-order valence-electron chi connectivity index (χ3n) is 5.45. The van der Waals surface area contributed by atoms with Crippen LogP contribution in [0, 0.1) is 0 Å². The van der Waals surface area contributed by atoms with Crippen LogP contribution in [0.15, 0.2) is 78.9 Å². The molecule has 1 N–H and O–H groups in total. The van der Waals surface area contributed by atoms with Gasteiger partial charge in [0.25, 0.3) is 5.91 Å². The largest absolute Gasteiger partial charge is 0.481 e. The van der Waals surface area contributed by atoms with Gasteiger partial charge >= 0.3 is 11.9 Å². The molecule has 7 heteroatoms. The molecule has 0 bridgehead atoms. The number of aliphatic carboxylic acids is 1. The molecule has 3 aromatic rings. The fourth-order valence-corrected chi connectivity index (χ4v) is 3.90. The zero-order valence-electron chi connectivity index (χ0n) is 17.3. The van der Waals surface area contributed by atoms with Crippen LogP contribution in [0.2, 0.25) is 0 Å². The van der Waals surface area contributed by atoms with Gasteiger partial charge in [-0.25, -0.2) is 9.86 Å². The quantitative estimate of drug-likeness (QED) is 0.594. The Kier molecular flexibility index (Phi) is 6.00. The number of hydrogen-bond donors (Lipinski definition) is 1. The van der Waals surface area contributed by atoms with Gasteiger partial charge in [-0.15, -0.1) is 0 Å². The summed E-state index contributed by atoms with van der Waals surface area (Å²) in [6.45, 7) is 0.0951. The van der Waals surface area contributed by atoms with Crippen LogP contribution in [-0.4, -0.2) is 35.1 Å². The van der Waals surface area contributed by atoms with Crippen molar-refractivity contribution in [3.8, 4) is 0 Å². The van der Waals surface area contributed by atoms with E-state index in [4.69, 9.17) is 9.57 Å². The second-order valence-corrected chi connectivity index (χ2v) is 7.35. The number of rotatable bonds is 6. The monoisotopic (exact) mass is 431 g/mol. The van der Waals surface area contributed by atoms with Crippen molar-refractivity contribution in [1.82, 2.24) is 5.06 Å². The third-order valence-corrected chi connectivity index (χ3v) is 5.45. The maximum Gasteiger partial charge on any atom is 0.337 e. The lowest BCUT2D eigenvalue weighted by Crippen LogP contribution is -2.44. The minimum absolute atomic E-state index is 0.0951. The van der Waals surface area contributed by atoms with Crippen molar-refractivity contribution in [2.24, 2.45) is 0 Å². The molecule has 2 atom stereocenters. The summed E-state index contributed by atoms with van der Waals surface area (Å²) in [4.78, 5) is 43.4. The molecule has 1 heterocycles. The molecule has 3 aromatic carbocycles. The van der Waals surface area contributed by atoms with E-state index >= 15 is 0 Å². The number of ether oxygens (including phenoxy) is 1. The van der Waals surface area contributed by atoms with E-state index in [1.54, 1.807) is 48.5 Å². The van der Waals surface area contributed by atoms with Gasteiger partial charge in [-0.1, -0.05) is 60.7 Å². The highest BCUT2D eigenvalue weighted by atomic mass is 16.7. The predicted molar refractivity (Wildman–Crippen MR) is 115 cm³/mol. The predicted octanol–water partition coefficient (Wildman–Crippen LogP) is 3.97. The molecule has 0 aromatic heterocycles. The lowest BCUT2D eigenvalue weighted by atomic mass is 9.80. The Morgan fingerprint density at radius 1 is 0.938 bits per heavy atom. The van der Waals surface area contributed by atoms with E-state index in [-0.39, 0.29) is 12.2 Å². The zero-order chi connectivity index (χ0) is 22.7. The fraction of sp³-hybridized carbons (Fsp3) is 0.160. The van der Waals surface area contributed by atoms with Gasteiger partial charge in [0.2, 0.25) is 0 Å². The molecule has 0 aliphatic carbocycles. The van der Waals surface area contributed by atoms with Gasteiger partial charge in [0, 0.05) is 5.56 Å². The number of benzene rings is 3. The molecule has 162 valence electrons. The smallest absolute Gasteiger partial charge is 0.337 e. The summed E-state index contributed by atoms with van der Waals surface area (Å²) >= 11 is 0. The van der Waals surface area contributed by atoms with Gasteiger partial charge in [-0.05, 0) is 34.9 Å². The first kappa shape index (κ1) is 21.3. The van der Waals surface area contributed by atoms with E-state index in [0.717, 1.165) is 10.6 Å². The van der Waals surface area contributed by atoms with E-state index < -0.39 is 29.8 Å². The first-order chi connectivity index (χ1) is 15.5.